The third-order valence-electron chi connectivity index (χ3n) is 3.94. The van der Waals surface area contributed by atoms with Gasteiger partial charge >= 0.3 is 12.1 Å². The molecule has 0 N–H and O–H groups in total. The van der Waals surface area contributed by atoms with Crippen molar-refractivity contribution >= 4 is 5.97 Å². The lowest BCUT2D eigenvalue weighted by molar-refractivity contribution is -0.137. The van der Waals surface area contributed by atoms with E-state index in [1.807, 2.05) is 0 Å². The maximum atomic E-state index is 12.6. The first kappa shape index (κ1) is 19.4. The minimum absolute atomic E-state index is 0.101. The van der Waals surface area contributed by atoms with Crippen molar-refractivity contribution in [2.45, 2.75) is 19.7 Å². The van der Waals surface area contributed by atoms with Crippen LogP contribution in [0.1, 0.15) is 27.3 Å². The van der Waals surface area contributed by atoms with Crippen molar-refractivity contribution in [1.29, 1.82) is 0 Å². The molecule has 0 aliphatic carbocycles. The molecule has 3 rings (SSSR count). The van der Waals surface area contributed by atoms with E-state index < -0.39 is 17.7 Å². The highest BCUT2D eigenvalue weighted by Crippen LogP contribution is 2.28. The van der Waals surface area contributed by atoms with Gasteiger partial charge in [-0.1, -0.05) is 0 Å². The summed E-state index contributed by atoms with van der Waals surface area (Å²) in [5, 5.41) is 8.31. The minimum atomic E-state index is -4.45. The summed E-state index contributed by atoms with van der Waals surface area (Å²) in [4.78, 5) is 15.4. The molecule has 148 valence electrons. The monoisotopic (exact) mass is 395 g/mol. The number of esters is 1. The van der Waals surface area contributed by atoms with Crippen molar-refractivity contribution in [2.24, 2.45) is 7.05 Å². The molecule has 3 aromatic heterocycles. The van der Waals surface area contributed by atoms with E-state index in [0.717, 1.165) is 12.3 Å². The van der Waals surface area contributed by atoms with E-state index in [0.29, 0.717) is 11.3 Å². The highest BCUT2D eigenvalue weighted by Gasteiger charge is 2.30. The number of carbonyl (C=O) groups is 1. The zero-order chi connectivity index (χ0) is 20.5. The van der Waals surface area contributed by atoms with Crippen molar-refractivity contribution in [3.8, 4) is 11.7 Å². The van der Waals surface area contributed by atoms with E-state index >= 15 is 0 Å². The molecule has 0 spiro atoms. The van der Waals surface area contributed by atoms with Gasteiger partial charge in [0.25, 0.3) is 0 Å². The molecule has 3 heterocycles. The fourth-order valence-corrected chi connectivity index (χ4v) is 2.40. The van der Waals surface area contributed by atoms with Crippen molar-refractivity contribution < 1.29 is 27.4 Å². The molecule has 3 aromatic rings. The van der Waals surface area contributed by atoms with Crippen LogP contribution in [0, 0.1) is 6.92 Å². The number of carbonyl (C=O) groups excluding carboxylic acids is 1. The summed E-state index contributed by atoms with van der Waals surface area (Å²) in [6, 6.07) is 3.63. The Hall–Kier alpha value is -3.37. The molecular formula is C17H16F3N5O3. The molecule has 0 saturated carbocycles. The summed E-state index contributed by atoms with van der Waals surface area (Å²) in [5.74, 6) is -0.0712. The largest absolute Gasteiger partial charge is 0.472 e. The summed E-state index contributed by atoms with van der Waals surface area (Å²) in [7, 11) is 2.85. The van der Waals surface area contributed by atoms with E-state index in [2.05, 4.69) is 19.9 Å². The van der Waals surface area contributed by atoms with Crippen molar-refractivity contribution in [3.63, 3.8) is 0 Å². The number of nitrogens with zero attached hydrogens (tertiary/aromatic N) is 5. The first-order chi connectivity index (χ1) is 13.2. The average Bonchev–Trinajstić information content (AvgIpc) is 3.21. The number of pyridine rings is 1. The average molecular weight is 395 g/mol. The minimum Gasteiger partial charge on any atom is -0.472 e. The standard InChI is InChI=1S/C17H16F3N5O3/c1-10-11(9-28-15-6-13(16(26)27-3)24(2)23-15)8-25(22-10)14-5-4-12(7-21-14)17(18,19)20/h4-8H,9H2,1-3H3. The van der Waals surface area contributed by atoms with Crippen LogP contribution in [0.2, 0.25) is 0 Å². The van der Waals surface area contributed by atoms with Gasteiger partial charge in [0.15, 0.2) is 5.82 Å². The molecule has 0 atom stereocenters. The van der Waals surface area contributed by atoms with Gasteiger partial charge in [-0.25, -0.2) is 14.5 Å². The van der Waals surface area contributed by atoms with Crippen LogP contribution in [0.3, 0.4) is 0 Å². The van der Waals surface area contributed by atoms with Crippen LogP contribution in [0.4, 0.5) is 13.2 Å². The molecule has 28 heavy (non-hydrogen) atoms. The first-order valence-electron chi connectivity index (χ1n) is 8.03. The zero-order valence-electron chi connectivity index (χ0n) is 15.2. The molecule has 0 saturated heterocycles. The molecule has 0 amide bonds. The van der Waals surface area contributed by atoms with Gasteiger partial charge in [0.05, 0.1) is 18.4 Å². The Morgan fingerprint density at radius 1 is 1.25 bits per heavy atom. The summed E-state index contributed by atoms with van der Waals surface area (Å²) >= 11 is 0. The molecule has 8 nitrogen and oxygen atoms in total. The van der Waals surface area contributed by atoms with Gasteiger partial charge in [-0.05, 0) is 19.1 Å². The zero-order valence-corrected chi connectivity index (χ0v) is 15.2. The van der Waals surface area contributed by atoms with E-state index in [-0.39, 0.29) is 24.0 Å². The second-order valence-electron chi connectivity index (χ2n) is 5.86. The molecule has 0 aliphatic heterocycles. The lowest BCUT2D eigenvalue weighted by Crippen LogP contribution is -2.07. The van der Waals surface area contributed by atoms with Crippen LogP contribution in [0.15, 0.2) is 30.6 Å². The predicted molar refractivity (Wildman–Crippen MR) is 90.0 cm³/mol. The number of hydrogen-bond donors (Lipinski definition) is 0. The Balaban J connectivity index is 1.73. The van der Waals surface area contributed by atoms with Crippen LogP contribution in [-0.4, -0.2) is 37.6 Å². The number of methoxy groups -OCH3 is 1. The van der Waals surface area contributed by atoms with Gasteiger partial charge in [0, 0.05) is 31.1 Å². The summed E-state index contributed by atoms with van der Waals surface area (Å²) in [6.07, 6.45) is -2.09. The summed E-state index contributed by atoms with van der Waals surface area (Å²) in [5.41, 5.74) is 0.705. The number of ether oxygens (including phenoxy) is 2. The molecule has 0 aromatic carbocycles. The number of aromatic nitrogens is 5. The highest BCUT2D eigenvalue weighted by atomic mass is 19.4. The van der Waals surface area contributed by atoms with E-state index in [4.69, 9.17) is 4.74 Å². The maximum Gasteiger partial charge on any atom is 0.417 e. The highest BCUT2D eigenvalue weighted by molar-refractivity contribution is 5.87. The maximum absolute atomic E-state index is 12.6. The van der Waals surface area contributed by atoms with Crippen LogP contribution >= 0.6 is 0 Å². The van der Waals surface area contributed by atoms with Gasteiger partial charge in [-0.3, -0.25) is 4.68 Å². The number of alkyl halides is 3. The Bertz CT molecular complexity index is 993. The number of aryl methyl sites for hydroxylation is 2. The molecule has 0 aliphatic rings. The first-order valence-corrected chi connectivity index (χ1v) is 8.03. The Labute approximate surface area is 157 Å². The van der Waals surface area contributed by atoms with E-state index in [9.17, 15) is 18.0 Å². The third kappa shape index (κ3) is 3.97. The van der Waals surface area contributed by atoms with Crippen LogP contribution in [0.25, 0.3) is 5.82 Å². The predicted octanol–water partition coefficient (Wildman–Crippen LogP) is 2.69. The van der Waals surface area contributed by atoms with Crippen LogP contribution in [0.5, 0.6) is 5.88 Å². The van der Waals surface area contributed by atoms with E-state index in [1.165, 1.54) is 28.6 Å². The molecule has 11 heteroatoms. The second-order valence-corrected chi connectivity index (χ2v) is 5.86. The number of hydrogen-bond acceptors (Lipinski definition) is 6. The van der Waals surface area contributed by atoms with Crippen molar-refractivity contribution in [2.75, 3.05) is 7.11 Å². The quantitative estimate of drug-likeness (QED) is 0.618. The smallest absolute Gasteiger partial charge is 0.417 e. The van der Waals surface area contributed by atoms with Crippen molar-refractivity contribution in [1.82, 2.24) is 24.5 Å². The molecule has 0 unspecified atom stereocenters. The molecule has 0 radical (unpaired) electrons. The lowest BCUT2D eigenvalue weighted by Gasteiger charge is -2.06. The second kappa shape index (κ2) is 7.33. The van der Waals surface area contributed by atoms with E-state index in [1.54, 1.807) is 20.2 Å². The SMILES string of the molecule is COC(=O)c1cc(OCc2cn(-c3ccc(C(F)(F)F)cn3)nc2C)nn1C. The molecule has 0 fully saturated rings. The Kier molecular flexibility index (Phi) is 5.08. The third-order valence-corrected chi connectivity index (χ3v) is 3.94. The van der Waals surface area contributed by atoms with Gasteiger partial charge in [-0.15, -0.1) is 5.10 Å². The Morgan fingerprint density at radius 2 is 2.00 bits per heavy atom. The topological polar surface area (TPSA) is 84.1 Å². The lowest BCUT2D eigenvalue weighted by atomic mass is 10.3. The van der Waals surface area contributed by atoms with Crippen molar-refractivity contribution in [3.05, 3.63) is 53.1 Å². The van der Waals surface area contributed by atoms with Crippen LogP contribution < -0.4 is 4.74 Å². The molecule has 0 bridgehead atoms. The van der Waals surface area contributed by atoms with Gasteiger partial charge < -0.3 is 9.47 Å². The van der Waals surface area contributed by atoms with Gasteiger partial charge in [-0.2, -0.15) is 18.3 Å². The summed E-state index contributed by atoms with van der Waals surface area (Å²) in [6.45, 7) is 1.83. The fourth-order valence-electron chi connectivity index (χ4n) is 2.40. The fraction of sp³-hybridized carbons (Fsp3) is 0.294. The van der Waals surface area contributed by atoms with Gasteiger partial charge in [0.1, 0.15) is 12.3 Å². The number of halogens is 3. The Morgan fingerprint density at radius 3 is 2.61 bits per heavy atom. The normalized spacial score (nSPS) is 11.5. The summed E-state index contributed by atoms with van der Waals surface area (Å²) < 4.78 is 50.8. The number of rotatable bonds is 5. The van der Waals surface area contributed by atoms with Crippen LogP contribution in [-0.2, 0) is 24.6 Å². The molecular weight excluding hydrogens is 379 g/mol. The van der Waals surface area contributed by atoms with Gasteiger partial charge in [0.2, 0.25) is 5.88 Å².